The highest BCUT2D eigenvalue weighted by molar-refractivity contribution is 14.0. The van der Waals surface area contributed by atoms with Crippen molar-refractivity contribution in [3.63, 3.8) is 0 Å². The van der Waals surface area contributed by atoms with Gasteiger partial charge in [-0.1, -0.05) is 19.0 Å². The molecule has 0 fully saturated rings. The summed E-state index contributed by atoms with van der Waals surface area (Å²) in [4.78, 5) is 15.2. The predicted octanol–water partition coefficient (Wildman–Crippen LogP) is 2.83. The summed E-state index contributed by atoms with van der Waals surface area (Å²) in [7, 11) is 3.77. The van der Waals surface area contributed by atoms with E-state index in [9.17, 15) is 0 Å². The summed E-state index contributed by atoms with van der Waals surface area (Å²) in [5, 5.41) is 10.4. The second-order valence-corrected chi connectivity index (χ2v) is 6.70. The highest BCUT2D eigenvalue weighted by atomic mass is 127. The summed E-state index contributed by atoms with van der Waals surface area (Å²) in [6.07, 6.45) is 0.669. The van der Waals surface area contributed by atoms with Gasteiger partial charge in [0.1, 0.15) is 0 Å². The predicted molar refractivity (Wildman–Crippen MR) is 107 cm³/mol. The first-order chi connectivity index (χ1) is 11.0. The molecule has 0 aliphatic rings. The van der Waals surface area contributed by atoms with E-state index in [1.165, 1.54) is 0 Å². The van der Waals surface area contributed by atoms with Crippen LogP contribution in [0.1, 0.15) is 42.2 Å². The van der Waals surface area contributed by atoms with Crippen molar-refractivity contribution in [2.75, 3.05) is 20.6 Å². The maximum absolute atomic E-state index is 5.24. The average Bonchev–Trinajstić information content (AvgIpc) is 3.13. The van der Waals surface area contributed by atoms with Crippen LogP contribution < -0.4 is 5.32 Å². The van der Waals surface area contributed by atoms with Crippen LogP contribution in [0.5, 0.6) is 0 Å². The quantitative estimate of drug-likeness (QED) is 0.403. The van der Waals surface area contributed by atoms with Crippen LogP contribution in [0.15, 0.2) is 14.9 Å². The van der Waals surface area contributed by atoms with E-state index in [-0.39, 0.29) is 29.9 Å². The normalized spacial score (nSPS) is 11.5. The molecule has 0 radical (unpaired) electrons. The highest BCUT2D eigenvalue weighted by Gasteiger charge is 2.11. The van der Waals surface area contributed by atoms with Gasteiger partial charge in [-0.05, 0) is 6.92 Å². The molecule has 0 atom stereocenters. The van der Waals surface area contributed by atoms with Crippen molar-refractivity contribution in [3.8, 4) is 0 Å². The van der Waals surface area contributed by atoms with Gasteiger partial charge in [0.25, 0.3) is 0 Å². The minimum atomic E-state index is 0. The molecule has 0 spiro atoms. The molecule has 2 rings (SSSR count). The number of hydrogen-bond donors (Lipinski definition) is 1. The first-order valence-electron chi connectivity index (χ1n) is 7.65. The Hall–Kier alpha value is -1.23. The van der Waals surface area contributed by atoms with Crippen LogP contribution in [0.4, 0.5) is 0 Å². The van der Waals surface area contributed by atoms with Gasteiger partial charge in [0.05, 0.1) is 17.2 Å². The Bertz CT molecular complexity index is 654. The van der Waals surface area contributed by atoms with Gasteiger partial charge >= 0.3 is 0 Å². The Balaban J connectivity index is 0.00000288. The number of hydrogen-bond acceptors (Lipinski definition) is 6. The number of halogens is 1. The van der Waals surface area contributed by atoms with Gasteiger partial charge in [-0.3, -0.25) is 4.99 Å². The lowest BCUT2D eigenvalue weighted by Gasteiger charge is -2.20. The average molecular weight is 464 g/mol. The number of aryl methyl sites for hydroxylation is 1. The lowest BCUT2D eigenvalue weighted by molar-refractivity contribution is 0.370. The summed E-state index contributed by atoms with van der Waals surface area (Å²) in [6.45, 7) is 7.51. The van der Waals surface area contributed by atoms with E-state index in [2.05, 4.69) is 30.8 Å². The van der Waals surface area contributed by atoms with Crippen LogP contribution in [0.2, 0.25) is 0 Å². The first kappa shape index (κ1) is 20.8. The van der Waals surface area contributed by atoms with E-state index in [0.717, 1.165) is 29.0 Å². The zero-order valence-electron chi connectivity index (χ0n) is 14.7. The number of thiazole rings is 1. The van der Waals surface area contributed by atoms with E-state index in [0.29, 0.717) is 18.9 Å². The zero-order chi connectivity index (χ0) is 16.8. The van der Waals surface area contributed by atoms with Crippen molar-refractivity contribution in [2.45, 2.75) is 39.7 Å². The van der Waals surface area contributed by atoms with Gasteiger partial charge in [0.2, 0.25) is 5.89 Å². The lowest BCUT2D eigenvalue weighted by Crippen LogP contribution is -2.39. The zero-order valence-corrected chi connectivity index (χ0v) is 17.9. The van der Waals surface area contributed by atoms with Gasteiger partial charge in [0.15, 0.2) is 11.8 Å². The van der Waals surface area contributed by atoms with Crippen molar-refractivity contribution >= 4 is 41.3 Å². The first-order valence-corrected chi connectivity index (χ1v) is 8.52. The minimum absolute atomic E-state index is 0. The number of aromatic nitrogens is 3. The van der Waals surface area contributed by atoms with Crippen molar-refractivity contribution in [3.05, 3.63) is 27.8 Å². The third kappa shape index (κ3) is 6.00. The molecule has 2 aromatic heterocycles. The molecule has 0 aromatic carbocycles. The molecule has 0 bridgehead atoms. The van der Waals surface area contributed by atoms with Crippen LogP contribution in [-0.2, 0) is 13.0 Å². The van der Waals surface area contributed by atoms with E-state index >= 15 is 0 Å². The van der Waals surface area contributed by atoms with E-state index < -0.39 is 0 Å². The molecule has 9 heteroatoms. The van der Waals surface area contributed by atoms with Gasteiger partial charge < -0.3 is 14.7 Å². The summed E-state index contributed by atoms with van der Waals surface area (Å²) in [5.74, 6) is 2.50. The molecule has 0 saturated heterocycles. The molecular formula is C15H25IN6OS. The molecule has 1 N–H and O–H groups in total. The summed E-state index contributed by atoms with van der Waals surface area (Å²) < 4.78 is 5.24. The van der Waals surface area contributed by atoms with Crippen LogP contribution in [0.3, 0.4) is 0 Å². The summed E-state index contributed by atoms with van der Waals surface area (Å²) in [6, 6.07) is 0. The Morgan fingerprint density at radius 3 is 2.71 bits per heavy atom. The smallest absolute Gasteiger partial charge is 0.228 e. The second-order valence-electron chi connectivity index (χ2n) is 5.64. The Morgan fingerprint density at radius 2 is 2.17 bits per heavy atom. The molecule has 0 saturated carbocycles. The number of aliphatic imine (C=N–C) groups is 1. The van der Waals surface area contributed by atoms with Gasteiger partial charge in [-0.2, -0.15) is 4.98 Å². The highest BCUT2D eigenvalue weighted by Crippen LogP contribution is 2.10. The molecule has 0 amide bonds. The standard InChI is InChI=1S/C15H24N6OS.HI/c1-10(2)14-19-13(22-20-14)6-7-17-15(16-4)21(5)8-12-9-23-11(3)18-12;/h9-10H,6-8H2,1-5H3,(H,16,17);1H. The Morgan fingerprint density at radius 1 is 1.42 bits per heavy atom. The lowest BCUT2D eigenvalue weighted by atomic mass is 10.2. The monoisotopic (exact) mass is 464 g/mol. The van der Waals surface area contributed by atoms with Crippen molar-refractivity contribution in [2.24, 2.45) is 4.99 Å². The van der Waals surface area contributed by atoms with E-state index in [4.69, 9.17) is 4.52 Å². The third-order valence-electron chi connectivity index (χ3n) is 3.26. The van der Waals surface area contributed by atoms with Gasteiger partial charge in [-0.25, -0.2) is 4.98 Å². The fourth-order valence-electron chi connectivity index (χ4n) is 2.07. The fraction of sp³-hybridized carbons (Fsp3) is 0.600. The number of guanidine groups is 1. The van der Waals surface area contributed by atoms with Gasteiger partial charge in [-0.15, -0.1) is 35.3 Å². The molecule has 0 aliphatic heterocycles. The van der Waals surface area contributed by atoms with E-state index in [1.807, 2.05) is 32.7 Å². The number of nitrogens with one attached hydrogen (secondary N) is 1. The van der Waals surface area contributed by atoms with E-state index in [1.54, 1.807) is 18.4 Å². The number of nitrogens with zero attached hydrogens (tertiary/aromatic N) is 5. The second kappa shape index (κ2) is 9.92. The molecule has 2 aromatic rings. The van der Waals surface area contributed by atoms with Crippen LogP contribution in [-0.4, -0.2) is 46.6 Å². The third-order valence-corrected chi connectivity index (χ3v) is 4.08. The molecule has 2 heterocycles. The number of rotatable bonds is 6. The molecular weight excluding hydrogens is 439 g/mol. The van der Waals surface area contributed by atoms with Crippen molar-refractivity contribution in [1.29, 1.82) is 0 Å². The van der Waals surface area contributed by atoms with Crippen LogP contribution >= 0.6 is 35.3 Å². The van der Waals surface area contributed by atoms with Crippen molar-refractivity contribution in [1.82, 2.24) is 25.3 Å². The van der Waals surface area contributed by atoms with Crippen LogP contribution in [0.25, 0.3) is 0 Å². The summed E-state index contributed by atoms with van der Waals surface area (Å²) >= 11 is 1.66. The largest absolute Gasteiger partial charge is 0.356 e. The maximum Gasteiger partial charge on any atom is 0.228 e. The van der Waals surface area contributed by atoms with Crippen LogP contribution in [0, 0.1) is 6.92 Å². The molecule has 0 unspecified atom stereocenters. The SMILES string of the molecule is CN=C(NCCc1nc(C(C)C)no1)N(C)Cc1csc(C)n1.I. The minimum Gasteiger partial charge on any atom is -0.356 e. The Kier molecular flexibility index (Phi) is 8.60. The molecule has 0 aliphatic carbocycles. The Labute approximate surface area is 164 Å². The van der Waals surface area contributed by atoms with Crippen molar-refractivity contribution < 1.29 is 4.52 Å². The summed E-state index contributed by atoms with van der Waals surface area (Å²) in [5.41, 5.74) is 1.05. The molecule has 134 valence electrons. The fourth-order valence-corrected chi connectivity index (χ4v) is 2.67. The molecule has 7 nitrogen and oxygen atoms in total. The molecule has 24 heavy (non-hydrogen) atoms. The van der Waals surface area contributed by atoms with Gasteiger partial charge in [0, 0.05) is 38.4 Å². The topological polar surface area (TPSA) is 79.4 Å². The maximum atomic E-state index is 5.24.